The number of nitrogens with zero attached hydrogens (tertiary/aromatic N) is 1. The number of ether oxygens (including phenoxy) is 1. The second-order valence-electron chi connectivity index (χ2n) is 5.26. The van der Waals surface area contributed by atoms with E-state index in [0.717, 1.165) is 4.47 Å². The SMILES string of the molecule is CC1(COc2ccncc2Br)CCC(F)(F)CC1. The minimum Gasteiger partial charge on any atom is -0.492 e. The summed E-state index contributed by atoms with van der Waals surface area (Å²) in [5.41, 5.74) is -0.162. The van der Waals surface area contributed by atoms with Crippen LogP contribution in [0.4, 0.5) is 8.78 Å². The van der Waals surface area contributed by atoms with Crippen LogP contribution in [0.2, 0.25) is 0 Å². The Morgan fingerprint density at radius 3 is 2.61 bits per heavy atom. The summed E-state index contributed by atoms with van der Waals surface area (Å²) in [5.74, 6) is -1.78. The van der Waals surface area contributed by atoms with Crippen LogP contribution in [0.1, 0.15) is 32.6 Å². The highest BCUT2D eigenvalue weighted by atomic mass is 79.9. The van der Waals surface area contributed by atoms with E-state index in [1.54, 1.807) is 18.5 Å². The third-order valence-electron chi connectivity index (χ3n) is 3.50. The van der Waals surface area contributed by atoms with E-state index in [4.69, 9.17) is 4.74 Å². The first-order chi connectivity index (χ1) is 8.40. The molecule has 0 saturated heterocycles. The molecule has 5 heteroatoms. The normalized spacial score (nSPS) is 21.6. The summed E-state index contributed by atoms with van der Waals surface area (Å²) in [4.78, 5) is 3.95. The summed E-state index contributed by atoms with van der Waals surface area (Å²) in [6.45, 7) is 2.48. The fourth-order valence-electron chi connectivity index (χ4n) is 2.10. The third kappa shape index (κ3) is 3.40. The lowest BCUT2D eigenvalue weighted by Gasteiger charge is -2.36. The minimum atomic E-state index is -2.49. The molecule has 0 spiro atoms. The summed E-state index contributed by atoms with van der Waals surface area (Å²) >= 11 is 3.35. The van der Waals surface area contributed by atoms with Crippen LogP contribution in [0, 0.1) is 5.41 Å². The average Bonchev–Trinajstić information content (AvgIpc) is 2.33. The summed E-state index contributed by atoms with van der Waals surface area (Å²) in [5, 5.41) is 0. The van der Waals surface area contributed by atoms with Gasteiger partial charge in [0, 0.05) is 30.7 Å². The van der Waals surface area contributed by atoms with Gasteiger partial charge >= 0.3 is 0 Å². The Labute approximate surface area is 114 Å². The number of halogens is 3. The van der Waals surface area contributed by atoms with Crippen molar-refractivity contribution >= 4 is 15.9 Å². The van der Waals surface area contributed by atoms with Gasteiger partial charge in [0.05, 0.1) is 11.1 Å². The highest BCUT2D eigenvalue weighted by Gasteiger charge is 2.41. The lowest BCUT2D eigenvalue weighted by molar-refractivity contribution is -0.0712. The van der Waals surface area contributed by atoms with Crippen molar-refractivity contribution in [2.45, 2.75) is 38.5 Å². The lowest BCUT2D eigenvalue weighted by atomic mass is 9.75. The first kappa shape index (κ1) is 13.7. The zero-order chi connectivity index (χ0) is 13.2. The molecular formula is C13H16BrF2NO. The predicted octanol–water partition coefficient (Wildman–Crippen LogP) is 4.44. The quantitative estimate of drug-likeness (QED) is 0.821. The molecule has 2 nitrogen and oxygen atoms in total. The van der Waals surface area contributed by atoms with Gasteiger partial charge in [-0.2, -0.15) is 0 Å². The maximum Gasteiger partial charge on any atom is 0.248 e. The Bertz CT molecular complexity index is 415. The lowest BCUT2D eigenvalue weighted by Crippen LogP contribution is -2.35. The van der Waals surface area contributed by atoms with Gasteiger partial charge in [0.1, 0.15) is 5.75 Å². The zero-order valence-electron chi connectivity index (χ0n) is 10.3. The molecule has 1 aliphatic carbocycles. The molecule has 0 amide bonds. The molecule has 1 aliphatic rings. The van der Waals surface area contributed by atoms with Crippen LogP contribution in [0.5, 0.6) is 5.75 Å². The molecule has 0 unspecified atom stereocenters. The van der Waals surface area contributed by atoms with Gasteiger partial charge in [-0.1, -0.05) is 6.92 Å². The van der Waals surface area contributed by atoms with E-state index in [2.05, 4.69) is 20.9 Å². The fourth-order valence-corrected chi connectivity index (χ4v) is 2.46. The summed E-state index contributed by atoms with van der Waals surface area (Å²) < 4.78 is 32.7. The van der Waals surface area contributed by atoms with Gasteiger partial charge in [-0.3, -0.25) is 4.98 Å². The Morgan fingerprint density at radius 2 is 2.00 bits per heavy atom. The highest BCUT2D eigenvalue weighted by Crippen LogP contribution is 2.43. The van der Waals surface area contributed by atoms with Crippen molar-refractivity contribution in [1.82, 2.24) is 4.98 Å². The number of rotatable bonds is 3. The molecule has 0 aliphatic heterocycles. The molecule has 1 heterocycles. The molecule has 1 saturated carbocycles. The Hall–Kier alpha value is -0.710. The van der Waals surface area contributed by atoms with Gasteiger partial charge in [-0.25, -0.2) is 8.78 Å². The van der Waals surface area contributed by atoms with E-state index < -0.39 is 5.92 Å². The maximum atomic E-state index is 13.1. The fraction of sp³-hybridized carbons (Fsp3) is 0.615. The molecule has 0 aromatic carbocycles. The summed E-state index contributed by atoms with van der Waals surface area (Å²) in [6.07, 6.45) is 4.24. The first-order valence-electron chi connectivity index (χ1n) is 6.00. The highest BCUT2D eigenvalue weighted by molar-refractivity contribution is 9.10. The third-order valence-corrected chi connectivity index (χ3v) is 4.10. The first-order valence-corrected chi connectivity index (χ1v) is 6.80. The van der Waals surface area contributed by atoms with Gasteiger partial charge in [0.25, 0.3) is 0 Å². The van der Waals surface area contributed by atoms with Crippen LogP contribution in [0.25, 0.3) is 0 Å². The van der Waals surface area contributed by atoms with Crippen molar-refractivity contribution in [1.29, 1.82) is 0 Å². The second-order valence-corrected chi connectivity index (χ2v) is 6.12. The molecule has 1 fully saturated rings. The van der Waals surface area contributed by atoms with Crippen LogP contribution in [-0.2, 0) is 0 Å². The second kappa shape index (κ2) is 5.11. The molecule has 0 N–H and O–H groups in total. The maximum absolute atomic E-state index is 13.1. The van der Waals surface area contributed by atoms with E-state index >= 15 is 0 Å². The number of hydrogen-bond acceptors (Lipinski definition) is 2. The predicted molar refractivity (Wildman–Crippen MR) is 69.0 cm³/mol. The summed E-state index contributed by atoms with van der Waals surface area (Å²) in [7, 11) is 0. The van der Waals surface area contributed by atoms with Crippen LogP contribution in [0.3, 0.4) is 0 Å². The van der Waals surface area contributed by atoms with E-state index in [1.165, 1.54) is 0 Å². The molecule has 18 heavy (non-hydrogen) atoms. The van der Waals surface area contributed by atoms with Crippen molar-refractivity contribution in [3.8, 4) is 5.75 Å². The van der Waals surface area contributed by atoms with Crippen LogP contribution in [0.15, 0.2) is 22.9 Å². The van der Waals surface area contributed by atoms with Crippen molar-refractivity contribution < 1.29 is 13.5 Å². The monoisotopic (exact) mass is 319 g/mol. The van der Waals surface area contributed by atoms with Gasteiger partial charge in [0.15, 0.2) is 0 Å². The molecule has 0 bridgehead atoms. The van der Waals surface area contributed by atoms with E-state index in [1.807, 2.05) is 6.92 Å². The van der Waals surface area contributed by atoms with Crippen molar-refractivity contribution in [3.05, 3.63) is 22.9 Å². The molecule has 100 valence electrons. The van der Waals surface area contributed by atoms with Crippen molar-refractivity contribution in [2.75, 3.05) is 6.61 Å². The van der Waals surface area contributed by atoms with Crippen LogP contribution >= 0.6 is 15.9 Å². The van der Waals surface area contributed by atoms with Crippen molar-refractivity contribution in [3.63, 3.8) is 0 Å². The molecular weight excluding hydrogens is 304 g/mol. The molecule has 0 atom stereocenters. The minimum absolute atomic E-state index is 0.0373. The van der Waals surface area contributed by atoms with Gasteiger partial charge in [-0.05, 0) is 34.8 Å². The summed E-state index contributed by atoms with van der Waals surface area (Å²) in [6, 6.07) is 1.77. The van der Waals surface area contributed by atoms with E-state index in [0.29, 0.717) is 25.2 Å². The van der Waals surface area contributed by atoms with Crippen molar-refractivity contribution in [2.24, 2.45) is 5.41 Å². The Kier molecular flexibility index (Phi) is 3.90. The van der Waals surface area contributed by atoms with Gasteiger partial charge in [0.2, 0.25) is 5.92 Å². The zero-order valence-corrected chi connectivity index (χ0v) is 11.8. The molecule has 2 rings (SSSR count). The molecule has 1 aromatic heterocycles. The standard InChI is InChI=1S/C13H16BrF2NO/c1-12(3-5-13(15,16)6-4-12)9-18-11-2-7-17-8-10(11)14/h2,7-8H,3-6,9H2,1H3. The molecule has 0 radical (unpaired) electrons. The number of aromatic nitrogens is 1. The van der Waals surface area contributed by atoms with Crippen LogP contribution in [-0.4, -0.2) is 17.5 Å². The Balaban J connectivity index is 1.93. The van der Waals surface area contributed by atoms with E-state index in [-0.39, 0.29) is 18.3 Å². The number of alkyl halides is 2. The van der Waals surface area contributed by atoms with Gasteiger partial charge in [-0.15, -0.1) is 0 Å². The average molecular weight is 320 g/mol. The van der Waals surface area contributed by atoms with Gasteiger partial charge < -0.3 is 4.74 Å². The number of pyridine rings is 1. The smallest absolute Gasteiger partial charge is 0.248 e. The molecule has 1 aromatic rings. The van der Waals surface area contributed by atoms with Crippen LogP contribution < -0.4 is 4.74 Å². The topological polar surface area (TPSA) is 22.1 Å². The van der Waals surface area contributed by atoms with E-state index in [9.17, 15) is 8.78 Å². The largest absolute Gasteiger partial charge is 0.492 e. The Morgan fingerprint density at radius 1 is 1.33 bits per heavy atom. The number of hydrogen-bond donors (Lipinski definition) is 0.